The second kappa shape index (κ2) is 5.13. The maximum Gasteiger partial charge on any atom is 0.466 e. The van der Waals surface area contributed by atoms with Crippen LogP contribution in [0, 0.1) is 0 Å². The highest BCUT2D eigenvalue weighted by molar-refractivity contribution is 7.45. The van der Waals surface area contributed by atoms with E-state index >= 15 is 0 Å². The fourth-order valence-corrected chi connectivity index (χ4v) is 0. The van der Waals surface area contributed by atoms with E-state index in [2.05, 4.69) is 5.04 Å². The highest BCUT2D eigenvalue weighted by atomic mass is 31.2. The lowest BCUT2D eigenvalue weighted by Crippen LogP contribution is -1.66. The van der Waals surface area contributed by atoms with E-state index in [0.29, 0.717) is 0 Å². The van der Waals surface area contributed by atoms with Crippen molar-refractivity contribution in [3.63, 3.8) is 0 Å². The van der Waals surface area contributed by atoms with Crippen LogP contribution in [0.25, 0.3) is 0 Å². The van der Waals surface area contributed by atoms with E-state index in [4.69, 9.17) is 29.8 Å². The molecule has 0 aliphatic heterocycles. The third kappa shape index (κ3) is 1490000. The van der Waals surface area contributed by atoms with Gasteiger partial charge in [0.15, 0.2) is 0 Å². The van der Waals surface area contributed by atoms with Crippen LogP contribution in [-0.2, 0) is 9.60 Å². The summed E-state index contributed by atoms with van der Waals surface area (Å²) in [6.45, 7) is 0. The Hall–Kier alpha value is -0.0100. The van der Waals surface area contributed by atoms with Gasteiger partial charge in [0.2, 0.25) is 0 Å². The average molecular weight is 148 g/mol. The molecule has 0 unspecified atom stereocenters. The van der Waals surface area contributed by atoms with E-state index in [1.807, 2.05) is 0 Å². The van der Waals surface area contributed by atoms with Crippen molar-refractivity contribution in [1.29, 1.82) is 0 Å². The van der Waals surface area contributed by atoms with Crippen molar-refractivity contribution in [3.8, 4) is 0 Å². The SMILES string of the molecule is O=P(O)(O)O.OOO. The van der Waals surface area contributed by atoms with Crippen molar-refractivity contribution >= 4 is 7.82 Å². The topological polar surface area (TPSA) is 127 Å². The lowest BCUT2D eigenvalue weighted by Gasteiger charge is -1.82. The first-order valence-electron chi connectivity index (χ1n) is 1.15. The molecule has 0 aromatic heterocycles. The third-order valence-electron chi connectivity index (χ3n) is 0. The van der Waals surface area contributed by atoms with E-state index in [9.17, 15) is 0 Å². The molecule has 0 rings (SSSR count). The van der Waals surface area contributed by atoms with Crippen LogP contribution in [0.4, 0.5) is 0 Å². The van der Waals surface area contributed by atoms with Gasteiger partial charge in [-0.15, -0.1) is 0 Å². The monoisotopic (exact) mass is 148 g/mol. The molecular weight excluding hydrogens is 143 g/mol. The van der Waals surface area contributed by atoms with Crippen molar-refractivity contribution in [2.75, 3.05) is 0 Å². The Kier molecular flexibility index (Phi) is 6.98. The Morgan fingerprint density at radius 2 is 1.12 bits per heavy atom. The Morgan fingerprint density at radius 1 is 1.12 bits per heavy atom. The van der Waals surface area contributed by atoms with Crippen molar-refractivity contribution in [1.82, 2.24) is 0 Å². The molecule has 0 saturated carbocycles. The minimum absolute atomic E-state index is 2.25. The van der Waals surface area contributed by atoms with Crippen LogP contribution in [0.2, 0.25) is 0 Å². The predicted molar refractivity (Wildman–Crippen MR) is 20.6 cm³/mol. The molecule has 52 valence electrons. The maximum absolute atomic E-state index is 8.88. The fourth-order valence-electron chi connectivity index (χ4n) is 0. The van der Waals surface area contributed by atoms with Crippen molar-refractivity contribution < 1.29 is 34.8 Å². The maximum atomic E-state index is 8.88. The molecule has 0 amide bonds. The van der Waals surface area contributed by atoms with E-state index < -0.39 is 7.82 Å². The van der Waals surface area contributed by atoms with Crippen LogP contribution in [0.3, 0.4) is 0 Å². The van der Waals surface area contributed by atoms with Gasteiger partial charge in [-0.25, -0.2) is 15.1 Å². The molecule has 0 aliphatic rings. The zero-order valence-electron chi connectivity index (χ0n) is 3.50. The lowest BCUT2D eigenvalue weighted by molar-refractivity contribution is -0.465. The van der Waals surface area contributed by atoms with Crippen LogP contribution in [0.15, 0.2) is 0 Å². The molecule has 0 bridgehead atoms. The predicted octanol–water partition coefficient (Wildman–Crippen LogP) is -0.980. The molecule has 0 saturated heterocycles. The summed E-state index contributed by atoms with van der Waals surface area (Å²) in [7, 11) is -4.64. The minimum Gasteiger partial charge on any atom is -0.303 e. The molecule has 0 heterocycles. The average Bonchev–Trinajstić information content (AvgIpc) is 1.27. The van der Waals surface area contributed by atoms with E-state index in [1.54, 1.807) is 0 Å². The molecule has 0 aliphatic carbocycles. The zero-order valence-corrected chi connectivity index (χ0v) is 4.39. The molecule has 0 fully saturated rings. The van der Waals surface area contributed by atoms with Gasteiger partial charge in [-0.05, 0) is 0 Å². The number of hydrogen-bond donors (Lipinski definition) is 5. The number of phosphoric acid groups is 1. The molecule has 0 radical (unpaired) electrons. The molecule has 8 heavy (non-hydrogen) atoms. The number of hydrogen-bond acceptors (Lipinski definition) is 4. The molecule has 8 heteroatoms. The van der Waals surface area contributed by atoms with Gasteiger partial charge in [0, 0.05) is 0 Å². The first-order valence-corrected chi connectivity index (χ1v) is 2.71. The fraction of sp³-hybridized carbons (Fsp3) is 0. The van der Waals surface area contributed by atoms with Gasteiger partial charge in [0.1, 0.15) is 0 Å². The zero-order chi connectivity index (χ0) is 7.21. The summed E-state index contributed by atoms with van der Waals surface area (Å²) in [4.78, 5) is 21.6. The van der Waals surface area contributed by atoms with Crippen molar-refractivity contribution in [3.05, 3.63) is 0 Å². The standard InChI is InChI=1S/H3O4P.H2O3/c1-5(2,3)4;1-3-2/h(H3,1,2,3,4);1-2H. The molecule has 0 aromatic rings. The van der Waals surface area contributed by atoms with E-state index in [0.717, 1.165) is 0 Å². The quantitative estimate of drug-likeness (QED) is 0.169. The van der Waals surface area contributed by atoms with Gasteiger partial charge in [-0.1, -0.05) is 5.04 Å². The van der Waals surface area contributed by atoms with Gasteiger partial charge >= 0.3 is 7.82 Å². The second-order valence-corrected chi connectivity index (χ2v) is 1.62. The molecule has 7 nitrogen and oxygen atoms in total. The van der Waals surface area contributed by atoms with Gasteiger partial charge in [-0.3, -0.25) is 0 Å². The molecule has 0 spiro atoms. The summed E-state index contributed by atoms with van der Waals surface area (Å²) in [5.41, 5.74) is 0. The summed E-state index contributed by atoms with van der Waals surface area (Å²) in [5.74, 6) is 0. The normalized spacial score (nSPS) is 9.62. The Morgan fingerprint density at radius 3 is 1.12 bits per heavy atom. The Balaban J connectivity index is 0. The lowest BCUT2D eigenvalue weighted by atomic mass is 14.6. The van der Waals surface area contributed by atoms with Gasteiger partial charge in [0.25, 0.3) is 0 Å². The minimum atomic E-state index is -4.64. The summed E-state index contributed by atoms with van der Waals surface area (Å²) in [5, 5.41) is 15.5. The molecule has 0 atom stereocenters. The Bertz CT molecular complexity index is 60.2. The summed E-state index contributed by atoms with van der Waals surface area (Å²) < 4.78 is 8.88. The van der Waals surface area contributed by atoms with Crippen LogP contribution < -0.4 is 0 Å². The first kappa shape index (κ1) is 10.9. The second-order valence-electron chi connectivity index (χ2n) is 0.595. The van der Waals surface area contributed by atoms with Crippen molar-refractivity contribution in [2.24, 2.45) is 0 Å². The van der Waals surface area contributed by atoms with Crippen molar-refractivity contribution in [2.45, 2.75) is 0 Å². The summed E-state index contributed by atoms with van der Waals surface area (Å²) in [6, 6.07) is 0. The van der Waals surface area contributed by atoms with Crippen LogP contribution in [-0.4, -0.2) is 25.2 Å². The van der Waals surface area contributed by atoms with Gasteiger partial charge in [0.05, 0.1) is 0 Å². The van der Waals surface area contributed by atoms with Crippen LogP contribution in [0.1, 0.15) is 0 Å². The third-order valence-corrected chi connectivity index (χ3v) is 0. The Labute approximate surface area is 43.9 Å². The van der Waals surface area contributed by atoms with E-state index in [1.165, 1.54) is 0 Å². The molecule has 0 aromatic carbocycles. The van der Waals surface area contributed by atoms with Crippen LogP contribution in [0.5, 0.6) is 0 Å². The number of rotatable bonds is 0. The first-order chi connectivity index (χ1) is 3.41. The van der Waals surface area contributed by atoms with E-state index in [-0.39, 0.29) is 0 Å². The van der Waals surface area contributed by atoms with Crippen LogP contribution >= 0.6 is 7.82 Å². The molecule has 5 N–H and O–H groups in total. The highest BCUT2D eigenvalue weighted by Crippen LogP contribution is 2.25. The summed E-state index contributed by atoms with van der Waals surface area (Å²) in [6.07, 6.45) is 0. The largest absolute Gasteiger partial charge is 0.466 e. The highest BCUT2D eigenvalue weighted by Gasteiger charge is 2.00. The summed E-state index contributed by atoms with van der Waals surface area (Å²) >= 11 is 0. The van der Waals surface area contributed by atoms with Gasteiger partial charge in [-0.2, -0.15) is 0 Å². The molecular formula is H5O7P. The van der Waals surface area contributed by atoms with Gasteiger partial charge < -0.3 is 14.7 Å². The smallest absolute Gasteiger partial charge is 0.303 e.